The molecule has 2 rings (SSSR count). The van der Waals surface area contributed by atoms with Crippen LogP contribution < -0.4 is 4.72 Å². The number of carbonyl (C=O) groups excluding carboxylic acids is 1. The van der Waals surface area contributed by atoms with Crippen molar-refractivity contribution in [1.29, 1.82) is 0 Å². The summed E-state index contributed by atoms with van der Waals surface area (Å²) in [6.45, 7) is 4.54. The van der Waals surface area contributed by atoms with Crippen LogP contribution in [0.5, 0.6) is 0 Å². The van der Waals surface area contributed by atoms with Crippen molar-refractivity contribution in [1.82, 2.24) is 0 Å². The highest BCUT2D eigenvalue weighted by Crippen LogP contribution is 2.27. The average Bonchev–Trinajstić information content (AvgIpc) is 2.46. The Hall–Kier alpha value is -2.74. The normalized spacial score (nSPS) is 11.1. The van der Waals surface area contributed by atoms with Gasteiger partial charge in [0.15, 0.2) is 5.78 Å². The van der Waals surface area contributed by atoms with Gasteiger partial charge in [0, 0.05) is 22.9 Å². The van der Waals surface area contributed by atoms with Gasteiger partial charge in [-0.1, -0.05) is 0 Å². The number of ketones is 1. The van der Waals surface area contributed by atoms with Crippen molar-refractivity contribution in [2.24, 2.45) is 0 Å². The first kappa shape index (κ1) is 17.6. The van der Waals surface area contributed by atoms with Crippen LogP contribution in [0.25, 0.3) is 0 Å². The van der Waals surface area contributed by atoms with Gasteiger partial charge in [0.1, 0.15) is 0 Å². The molecule has 2 aromatic carbocycles. The summed E-state index contributed by atoms with van der Waals surface area (Å²) in [4.78, 5) is 21.5. The Morgan fingerprint density at radius 1 is 1.08 bits per heavy atom. The lowest BCUT2D eigenvalue weighted by atomic mass is 10.1. The lowest BCUT2D eigenvalue weighted by Crippen LogP contribution is -2.15. The van der Waals surface area contributed by atoms with Gasteiger partial charge in [0.25, 0.3) is 15.7 Å². The summed E-state index contributed by atoms with van der Waals surface area (Å²) in [6, 6.07) is 8.45. The van der Waals surface area contributed by atoms with E-state index in [-0.39, 0.29) is 22.1 Å². The number of anilines is 1. The molecule has 0 aliphatic rings. The molecule has 0 bridgehead atoms. The van der Waals surface area contributed by atoms with Crippen LogP contribution in [0.1, 0.15) is 28.4 Å². The van der Waals surface area contributed by atoms with Gasteiger partial charge in [-0.2, -0.15) is 0 Å². The molecule has 24 heavy (non-hydrogen) atoms. The fourth-order valence-corrected chi connectivity index (χ4v) is 3.60. The van der Waals surface area contributed by atoms with Crippen LogP contribution >= 0.6 is 0 Å². The van der Waals surface area contributed by atoms with Crippen LogP contribution in [0.3, 0.4) is 0 Å². The molecule has 0 fully saturated rings. The summed E-state index contributed by atoms with van der Waals surface area (Å²) >= 11 is 0. The van der Waals surface area contributed by atoms with E-state index in [1.807, 2.05) is 0 Å². The summed E-state index contributed by atoms with van der Waals surface area (Å²) in [6.07, 6.45) is 0. The third kappa shape index (κ3) is 3.60. The van der Waals surface area contributed by atoms with Crippen molar-refractivity contribution in [2.75, 3.05) is 4.72 Å². The standard InChI is InChI=1S/C16H16N2O5S/c1-10-8-11(2)16(9-15(10)18(20)21)24(22,23)17-14-6-4-13(5-7-14)12(3)19/h4-9,17H,1-3H3. The second kappa shape index (κ2) is 6.40. The Labute approximate surface area is 139 Å². The highest BCUT2D eigenvalue weighted by Gasteiger charge is 2.22. The van der Waals surface area contributed by atoms with Crippen LogP contribution in [0.4, 0.5) is 11.4 Å². The zero-order valence-electron chi connectivity index (χ0n) is 13.4. The molecular formula is C16H16N2O5S. The number of nitro benzene ring substituents is 1. The number of benzene rings is 2. The summed E-state index contributed by atoms with van der Waals surface area (Å²) < 4.78 is 27.4. The van der Waals surface area contributed by atoms with Crippen molar-refractivity contribution in [3.63, 3.8) is 0 Å². The van der Waals surface area contributed by atoms with Gasteiger partial charge in [-0.05, 0) is 56.7 Å². The zero-order valence-corrected chi connectivity index (χ0v) is 14.2. The number of rotatable bonds is 5. The number of hydrogen-bond donors (Lipinski definition) is 1. The van der Waals surface area contributed by atoms with Gasteiger partial charge in [-0.15, -0.1) is 0 Å². The summed E-state index contributed by atoms with van der Waals surface area (Å²) in [5.74, 6) is -0.130. The Balaban J connectivity index is 2.42. The van der Waals surface area contributed by atoms with E-state index in [0.717, 1.165) is 6.07 Å². The molecule has 126 valence electrons. The largest absolute Gasteiger partial charge is 0.295 e. The molecule has 0 aromatic heterocycles. The Morgan fingerprint density at radius 2 is 1.67 bits per heavy atom. The first-order valence-corrected chi connectivity index (χ1v) is 8.49. The molecule has 0 saturated heterocycles. The van der Waals surface area contributed by atoms with Gasteiger partial charge in [-0.3, -0.25) is 19.6 Å². The molecule has 8 heteroatoms. The molecule has 0 atom stereocenters. The number of sulfonamides is 1. The third-order valence-electron chi connectivity index (χ3n) is 3.52. The number of aryl methyl sites for hydroxylation is 2. The van der Waals surface area contributed by atoms with E-state index in [9.17, 15) is 23.3 Å². The maximum Gasteiger partial charge on any atom is 0.273 e. The Kier molecular flexibility index (Phi) is 4.70. The van der Waals surface area contributed by atoms with Gasteiger partial charge in [0.05, 0.1) is 9.82 Å². The minimum atomic E-state index is -3.99. The van der Waals surface area contributed by atoms with Gasteiger partial charge >= 0.3 is 0 Å². The van der Waals surface area contributed by atoms with Gasteiger partial charge in [0.2, 0.25) is 0 Å². The SMILES string of the molecule is CC(=O)c1ccc(NS(=O)(=O)c2cc([N+](=O)[O-])c(C)cc2C)cc1. The van der Waals surface area contributed by atoms with Crippen molar-refractivity contribution in [2.45, 2.75) is 25.7 Å². The molecule has 2 aromatic rings. The number of carbonyl (C=O) groups is 1. The third-order valence-corrected chi connectivity index (χ3v) is 5.05. The fourth-order valence-electron chi connectivity index (χ4n) is 2.29. The maximum atomic E-state index is 12.5. The minimum Gasteiger partial charge on any atom is -0.295 e. The predicted molar refractivity (Wildman–Crippen MR) is 89.8 cm³/mol. The van der Waals surface area contributed by atoms with E-state index >= 15 is 0 Å². The van der Waals surface area contributed by atoms with Gasteiger partial charge in [-0.25, -0.2) is 8.42 Å². The fraction of sp³-hybridized carbons (Fsp3) is 0.188. The molecule has 0 amide bonds. The molecule has 7 nitrogen and oxygen atoms in total. The number of nitrogens with one attached hydrogen (secondary N) is 1. The van der Waals surface area contributed by atoms with Crippen molar-refractivity contribution < 1.29 is 18.1 Å². The monoisotopic (exact) mass is 348 g/mol. The molecule has 0 aliphatic heterocycles. The van der Waals surface area contributed by atoms with Crippen LogP contribution in [0.15, 0.2) is 41.3 Å². The van der Waals surface area contributed by atoms with Crippen LogP contribution in [-0.4, -0.2) is 19.1 Å². The number of nitro groups is 1. The lowest BCUT2D eigenvalue weighted by Gasteiger charge is -2.11. The van der Waals surface area contributed by atoms with Crippen molar-refractivity contribution in [3.8, 4) is 0 Å². The predicted octanol–water partition coefficient (Wildman–Crippen LogP) is 3.22. The number of hydrogen-bond acceptors (Lipinski definition) is 5. The van der Waals surface area contributed by atoms with Crippen LogP contribution in [0, 0.1) is 24.0 Å². The molecule has 0 aliphatic carbocycles. The Morgan fingerprint density at radius 3 is 2.17 bits per heavy atom. The quantitative estimate of drug-likeness (QED) is 0.507. The zero-order chi connectivity index (χ0) is 18.1. The first-order valence-electron chi connectivity index (χ1n) is 7.01. The average molecular weight is 348 g/mol. The smallest absolute Gasteiger partial charge is 0.273 e. The first-order chi connectivity index (χ1) is 11.1. The second-order valence-corrected chi connectivity index (χ2v) is 7.05. The summed E-state index contributed by atoms with van der Waals surface area (Å²) in [5.41, 5.74) is 1.27. The second-order valence-electron chi connectivity index (χ2n) is 5.40. The lowest BCUT2D eigenvalue weighted by molar-refractivity contribution is -0.385. The molecule has 0 heterocycles. The van der Waals surface area contributed by atoms with E-state index in [1.165, 1.54) is 37.3 Å². The maximum absolute atomic E-state index is 12.5. The van der Waals surface area contributed by atoms with Crippen LogP contribution in [-0.2, 0) is 10.0 Å². The van der Waals surface area contributed by atoms with Gasteiger partial charge < -0.3 is 0 Å². The van der Waals surface area contributed by atoms with E-state index in [1.54, 1.807) is 13.8 Å². The number of Topliss-reactive ketones (excluding diaryl/α,β-unsaturated/α-hetero) is 1. The highest BCUT2D eigenvalue weighted by molar-refractivity contribution is 7.92. The molecule has 0 unspecified atom stereocenters. The summed E-state index contributed by atoms with van der Waals surface area (Å²) in [5, 5.41) is 11.0. The van der Waals surface area contributed by atoms with E-state index < -0.39 is 14.9 Å². The molecule has 1 N–H and O–H groups in total. The van der Waals surface area contributed by atoms with E-state index in [4.69, 9.17) is 0 Å². The minimum absolute atomic E-state index is 0.130. The molecule has 0 radical (unpaired) electrons. The van der Waals surface area contributed by atoms with Crippen molar-refractivity contribution in [3.05, 3.63) is 63.2 Å². The summed E-state index contributed by atoms with van der Waals surface area (Å²) in [7, 11) is -3.99. The highest BCUT2D eigenvalue weighted by atomic mass is 32.2. The van der Waals surface area contributed by atoms with E-state index in [2.05, 4.69) is 4.72 Å². The molecule has 0 saturated carbocycles. The molecule has 0 spiro atoms. The van der Waals surface area contributed by atoms with Crippen molar-refractivity contribution >= 4 is 27.2 Å². The van der Waals surface area contributed by atoms with Crippen LogP contribution in [0.2, 0.25) is 0 Å². The Bertz CT molecular complexity index is 918. The van der Waals surface area contributed by atoms with E-state index in [0.29, 0.717) is 16.7 Å². The molecular weight excluding hydrogens is 332 g/mol. The number of nitrogens with zero attached hydrogens (tertiary/aromatic N) is 1. The topological polar surface area (TPSA) is 106 Å².